The summed E-state index contributed by atoms with van der Waals surface area (Å²) >= 11 is 0. The summed E-state index contributed by atoms with van der Waals surface area (Å²) in [6.07, 6.45) is 0.268. The molecule has 0 aliphatic carbocycles. The summed E-state index contributed by atoms with van der Waals surface area (Å²) in [5.41, 5.74) is 1.66. The summed E-state index contributed by atoms with van der Waals surface area (Å²) in [6, 6.07) is 7.26. The lowest BCUT2D eigenvalue weighted by molar-refractivity contribution is -0.121. The lowest BCUT2D eigenvalue weighted by Gasteiger charge is -2.15. The smallest absolute Gasteiger partial charge is 0.224 e. The average Bonchev–Trinajstić information content (AvgIpc) is 2.43. The highest BCUT2D eigenvalue weighted by Crippen LogP contribution is 2.14. The van der Waals surface area contributed by atoms with Crippen molar-refractivity contribution in [2.75, 3.05) is 25.0 Å². The molecule has 0 heterocycles. The molecule has 1 aromatic rings. The molecule has 0 spiro atoms. The third-order valence-corrected chi connectivity index (χ3v) is 2.98. The summed E-state index contributed by atoms with van der Waals surface area (Å²) in [7, 11) is 1.70. The molecule has 0 atom stereocenters. The topological polar surface area (TPSA) is 78.5 Å². The fourth-order valence-electron chi connectivity index (χ4n) is 1.71. The first-order chi connectivity index (χ1) is 9.90. The monoisotopic (exact) mass is 291 g/mol. The molecule has 114 valence electrons. The van der Waals surface area contributed by atoms with Gasteiger partial charge in [0.15, 0.2) is 0 Å². The molecule has 6 nitrogen and oxygen atoms in total. The highest BCUT2D eigenvalue weighted by molar-refractivity contribution is 5.90. The van der Waals surface area contributed by atoms with Crippen LogP contribution in [-0.4, -0.2) is 37.9 Å². The van der Waals surface area contributed by atoms with Crippen LogP contribution in [0.5, 0.6) is 0 Å². The number of amides is 3. The Hall–Kier alpha value is -2.37. The number of carbonyl (C=O) groups is 3. The predicted molar refractivity (Wildman–Crippen MR) is 80.9 cm³/mol. The molecule has 0 radical (unpaired) electrons. The molecule has 0 saturated carbocycles. The van der Waals surface area contributed by atoms with Gasteiger partial charge in [0.05, 0.1) is 6.42 Å². The van der Waals surface area contributed by atoms with Gasteiger partial charge in [-0.15, -0.1) is 0 Å². The summed E-state index contributed by atoms with van der Waals surface area (Å²) in [5.74, 6) is -0.263. The molecule has 0 saturated heterocycles. The second kappa shape index (κ2) is 8.04. The van der Waals surface area contributed by atoms with E-state index in [1.54, 1.807) is 19.2 Å². The van der Waals surface area contributed by atoms with Crippen LogP contribution in [0, 0.1) is 0 Å². The van der Waals surface area contributed by atoms with Crippen molar-refractivity contribution in [3.63, 3.8) is 0 Å². The number of nitrogens with zero attached hydrogens (tertiary/aromatic N) is 1. The maximum Gasteiger partial charge on any atom is 0.224 e. The lowest BCUT2D eigenvalue weighted by Crippen LogP contribution is -2.34. The number of hydrogen-bond acceptors (Lipinski definition) is 3. The van der Waals surface area contributed by atoms with E-state index in [2.05, 4.69) is 10.6 Å². The number of carbonyl (C=O) groups excluding carboxylic acids is 3. The zero-order chi connectivity index (χ0) is 15.8. The van der Waals surface area contributed by atoms with Gasteiger partial charge in [-0.3, -0.25) is 14.4 Å². The molecule has 21 heavy (non-hydrogen) atoms. The van der Waals surface area contributed by atoms with E-state index in [0.29, 0.717) is 13.1 Å². The van der Waals surface area contributed by atoms with Crippen LogP contribution in [0.15, 0.2) is 24.3 Å². The number of rotatable bonds is 6. The minimum atomic E-state index is -0.116. The van der Waals surface area contributed by atoms with Crippen LogP contribution in [0.3, 0.4) is 0 Å². The SMILES string of the molecule is CC(=O)NCCNC(=O)Cc1ccc(N(C)C(C)=O)cc1. The molecule has 0 unspecified atom stereocenters. The third kappa shape index (κ3) is 6.07. The second-order valence-electron chi connectivity index (χ2n) is 4.75. The third-order valence-electron chi connectivity index (χ3n) is 2.98. The number of hydrogen-bond donors (Lipinski definition) is 2. The minimum Gasteiger partial charge on any atom is -0.355 e. The van der Waals surface area contributed by atoms with Gasteiger partial charge in [0.2, 0.25) is 17.7 Å². The van der Waals surface area contributed by atoms with Crippen molar-refractivity contribution in [1.82, 2.24) is 10.6 Å². The van der Waals surface area contributed by atoms with Crippen molar-refractivity contribution >= 4 is 23.4 Å². The van der Waals surface area contributed by atoms with Gasteiger partial charge < -0.3 is 15.5 Å². The highest BCUT2D eigenvalue weighted by atomic mass is 16.2. The zero-order valence-electron chi connectivity index (χ0n) is 12.6. The zero-order valence-corrected chi connectivity index (χ0v) is 12.6. The second-order valence-corrected chi connectivity index (χ2v) is 4.75. The largest absolute Gasteiger partial charge is 0.355 e. The van der Waals surface area contributed by atoms with Crippen LogP contribution >= 0.6 is 0 Å². The molecule has 1 aromatic carbocycles. The molecule has 6 heteroatoms. The lowest BCUT2D eigenvalue weighted by atomic mass is 10.1. The van der Waals surface area contributed by atoms with Gasteiger partial charge in [0.1, 0.15) is 0 Å². The van der Waals surface area contributed by atoms with Crippen molar-refractivity contribution in [3.8, 4) is 0 Å². The Labute approximate surface area is 124 Å². The normalized spacial score (nSPS) is 9.86. The maximum absolute atomic E-state index is 11.7. The van der Waals surface area contributed by atoms with Crippen molar-refractivity contribution < 1.29 is 14.4 Å². The summed E-state index contributed by atoms with van der Waals surface area (Å²) < 4.78 is 0. The van der Waals surface area contributed by atoms with Crippen LogP contribution in [0.1, 0.15) is 19.4 Å². The Morgan fingerprint density at radius 3 is 2.10 bits per heavy atom. The van der Waals surface area contributed by atoms with E-state index in [1.165, 1.54) is 18.7 Å². The Bertz CT molecular complexity index is 511. The molecule has 0 aliphatic heterocycles. The van der Waals surface area contributed by atoms with Crippen LogP contribution in [0.2, 0.25) is 0 Å². The van der Waals surface area contributed by atoms with E-state index < -0.39 is 0 Å². The Morgan fingerprint density at radius 1 is 1.00 bits per heavy atom. The number of benzene rings is 1. The number of anilines is 1. The van der Waals surface area contributed by atoms with E-state index in [0.717, 1.165) is 11.3 Å². The molecule has 1 rings (SSSR count). The summed E-state index contributed by atoms with van der Waals surface area (Å²) in [5, 5.41) is 5.33. The fourth-order valence-corrected chi connectivity index (χ4v) is 1.71. The van der Waals surface area contributed by atoms with Crippen molar-refractivity contribution in [3.05, 3.63) is 29.8 Å². The first kappa shape index (κ1) is 16.7. The quantitative estimate of drug-likeness (QED) is 0.748. The Balaban J connectivity index is 2.43. The van der Waals surface area contributed by atoms with Crippen molar-refractivity contribution in [2.24, 2.45) is 0 Å². The van der Waals surface area contributed by atoms with E-state index in [1.807, 2.05) is 12.1 Å². The minimum absolute atomic E-state index is 0.0431. The average molecular weight is 291 g/mol. The molecular formula is C15H21N3O3. The van der Waals surface area contributed by atoms with Crippen LogP contribution < -0.4 is 15.5 Å². The first-order valence-electron chi connectivity index (χ1n) is 6.74. The van der Waals surface area contributed by atoms with Gasteiger partial charge in [0.25, 0.3) is 0 Å². The molecule has 0 fully saturated rings. The fraction of sp³-hybridized carbons (Fsp3) is 0.400. The first-order valence-corrected chi connectivity index (χ1v) is 6.74. The molecule has 0 aliphatic rings. The van der Waals surface area contributed by atoms with Gasteiger partial charge in [0, 0.05) is 39.7 Å². The van der Waals surface area contributed by atoms with E-state index in [-0.39, 0.29) is 24.1 Å². The molecule has 0 bridgehead atoms. The van der Waals surface area contributed by atoms with Crippen LogP contribution in [0.4, 0.5) is 5.69 Å². The molecule has 2 N–H and O–H groups in total. The van der Waals surface area contributed by atoms with E-state index in [4.69, 9.17) is 0 Å². The summed E-state index contributed by atoms with van der Waals surface area (Å²) in [6.45, 7) is 3.75. The standard InChI is InChI=1S/C15H21N3O3/c1-11(19)16-8-9-17-15(21)10-13-4-6-14(7-5-13)18(3)12(2)20/h4-7H,8-10H2,1-3H3,(H,16,19)(H,17,21). The van der Waals surface area contributed by atoms with Gasteiger partial charge in [-0.25, -0.2) is 0 Å². The van der Waals surface area contributed by atoms with E-state index >= 15 is 0 Å². The van der Waals surface area contributed by atoms with Gasteiger partial charge in [-0.05, 0) is 17.7 Å². The van der Waals surface area contributed by atoms with Crippen LogP contribution in [-0.2, 0) is 20.8 Å². The number of nitrogens with one attached hydrogen (secondary N) is 2. The van der Waals surface area contributed by atoms with Gasteiger partial charge >= 0.3 is 0 Å². The van der Waals surface area contributed by atoms with Crippen molar-refractivity contribution in [1.29, 1.82) is 0 Å². The maximum atomic E-state index is 11.7. The molecule has 0 aromatic heterocycles. The molecular weight excluding hydrogens is 270 g/mol. The van der Waals surface area contributed by atoms with Crippen molar-refractivity contribution in [2.45, 2.75) is 20.3 Å². The predicted octanol–water partition coefficient (Wildman–Crippen LogP) is 0.464. The molecule has 3 amide bonds. The summed E-state index contributed by atoms with van der Waals surface area (Å²) in [4.78, 5) is 35.1. The highest BCUT2D eigenvalue weighted by Gasteiger charge is 2.07. The Morgan fingerprint density at radius 2 is 1.57 bits per heavy atom. The van der Waals surface area contributed by atoms with E-state index in [9.17, 15) is 14.4 Å². The van der Waals surface area contributed by atoms with Gasteiger partial charge in [-0.1, -0.05) is 12.1 Å². The van der Waals surface area contributed by atoms with Gasteiger partial charge in [-0.2, -0.15) is 0 Å². The Kier molecular flexibility index (Phi) is 6.39. The van der Waals surface area contributed by atoms with Crippen LogP contribution in [0.25, 0.3) is 0 Å².